The molecule has 1 rings (SSSR count). The van der Waals surface area contributed by atoms with Gasteiger partial charge in [-0.1, -0.05) is 25.7 Å². The molecule has 3 N–H and O–H groups in total. The summed E-state index contributed by atoms with van der Waals surface area (Å²) in [5.41, 5.74) is 5.33. The Balaban J connectivity index is 2.07. The van der Waals surface area contributed by atoms with E-state index in [1.54, 1.807) is 0 Å². The first-order valence-corrected chi connectivity index (χ1v) is 6.40. The number of nitrogens with two attached hydrogens (primary N) is 1. The van der Waals surface area contributed by atoms with Crippen LogP contribution in [0.2, 0.25) is 0 Å². The van der Waals surface area contributed by atoms with Crippen molar-refractivity contribution in [2.24, 2.45) is 5.73 Å². The van der Waals surface area contributed by atoms with E-state index in [1.807, 2.05) is 0 Å². The van der Waals surface area contributed by atoms with Gasteiger partial charge in [-0.05, 0) is 25.8 Å². The van der Waals surface area contributed by atoms with Crippen molar-refractivity contribution in [3.05, 3.63) is 0 Å². The number of hydrogen-bond acceptors (Lipinski definition) is 3. The molecule has 0 aromatic rings. The van der Waals surface area contributed by atoms with Crippen molar-refractivity contribution >= 4 is 5.91 Å². The Morgan fingerprint density at radius 2 is 1.94 bits per heavy atom. The zero-order chi connectivity index (χ0) is 11.6. The first-order chi connectivity index (χ1) is 7.83. The van der Waals surface area contributed by atoms with Crippen LogP contribution in [0.3, 0.4) is 0 Å². The molecule has 0 atom stereocenters. The van der Waals surface area contributed by atoms with E-state index in [9.17, 15) is 4.79 Å². The topological polar surface area (TPSA) is 64.3 Å². The summed E-state index contributed by atoms with van der Waals surface area (Å²) in [7, 11) is 0. The molecule has 0 aromatic heterocycles. The maximum absolute atomic E-state index is 11.5. The lowest BCUT2D eigenvalue weighted by molar-refractivity contribution is -0.126. The van der Waals surface area contributed by atoms with Gasteiger partial charge in [-0.15, -0.1) is 0 Å². The molecule has 0 spiro atoms. The summed E-state index contributed by atoms with van der Waals surface area (Å²) in [5.74, 6) is 0.0175. The monoisotopic (exact) mass is 228 g/mol. The summed E-state index contributed by atoms with van der Waals surface area (Å²) in [6, 6.07) is 0.369. The minimum absolute atomic E-state index is 0.0175. The van der Waals surface area contributed by atoms with Gasteiger partial charge in [-0.25, -0.2) is 0 Å². The van der Waals surface area contributed by atoms with Crippen LogP contribution in [-0.4, -0.2) is 31.7 Å². The maximum Gasteiger partial charge on any atom is 0.246 e. The van der Waals surface area contributed by atoms with Gasteiger partial charge in [-0.3, -0.25) is 4.79 Å². The third kappa shape index (κ3) is 6.08. The van der Waals surface area contributed by atoms with E-state index in [0.29, 0.717) is 19.2 Å². The van der Waals surface area contributed by atoms with Crippen LogP contribution in [-0.2, 0) is 9.53 Å². The summed E-state index contributed by atoms with van der Waals surface area (Å²) in [6.07, 6.45) is 8.14. The smallest absolute Gasteiger partial charge is 0.246 e. The molecule has 0 aromatic carbocycles. The van der Waals surface area contributed by atoms with Gasteiger partial charge < -0.3 is 15.8 Å². The number of carbonyl (C=O) groups is 1. The van der Waals surface area contributed by atoms with Gasteiger partial charge >= 0.3 is 0 Å². The summed E-state index contributed by atoms with van der Waals surface area (Å²) in [6.45, 7) is 1.37. The summed E-state index contributed by atoms with van der Waals surface area (Å²) < 4.78 is 5.22. The second kappa shape index (κ2) is 8.53. The first-order valence-electron chi connectivity index (χ1n) is 6.40. The van der Waals surface area contributed by atoms with Crippen LogP contribution < -0.4 is 11.1 Å². The number of rotatable bonds is 6. The van der Waals surface area contributed by atoms with Crippen LogP contribution in [0.1, 0.15) is 44.9 Å². The van der Waals surface area contributed by atoms with E-state index >= 15 is 0 Å². The van der Waals surface area contributed by atoms with Gasteiger partial charge in [0.05, 0.1) is 0 Å². The van der Waals surface area contributed by atoms with Gasteiger partial charge in [0.25, 0.3) is 0 Å². The van der Waals surface area contributed by atoms with Crippen molar-refractivity contribution in [3.8, 4) is 0 Å². The van der Waals surface area contributed by atoms with E-state index in [-0.39, 0.29) is 12.5 Å². The molecular weight excluding hydrogens is 204 g/mol. The fourth-order valence-electron chi connectivity index (χ4n) is 2.04. The Kier molecular flexibility index (Phi) is 7.17. The maximum atomic E-state index is 11.5. The molecule has 4 nitrogen and oxygen atoms in total. The van der Waals surface area contributed by atoms with Crippen LogP contribution in [0.5, 0.6) is 0 Å². The Bertz CT molecular complexity index is 189. The fourth-order valence-corrected chi connectivity index (χ4v) is 2.04. The number of amides is 1. The zero-order valence-corrected chi connectivity index (χ0v) is 10.0. The van der Waals surface area contributed by atoms with Gasteiger partial charge in [0.1, 0.15) is 6.61 Å². The normalized spacial score (nSPS) is 18.1. The molecule has 0 heterocycles. The van der Waals surface area contributed by atoms with Gasteiger partial charge in [0.2, 0.25) is 5.91 Å². The van der Waals surface area contributed by atoms with E-state index < -0.39 is 0 Å². The number of carbonyl (C=O) groups excluding carboxylic acids is 1. The first kappa shape index (κ1) is 13.5. The van der Waals surface area contributed by atoms with Crippen LogP contribution >= 0.6 is 0 Å². The molecular formula is C12H24N2O2. The molecule has 1 saturated carbocycles. The number of hydrogen-bond donors (Lipinski definition) is 2. The quantitative estimate of drug-likeness (QED) is 0.530. The van der Waals surface area contributed by atoms with E-state index in [1.165, 1.54) is 25.7 Å². The Morgan fingerprint density at radius 3 is 2.56 bits per heavy atom. The van der Waals surface area contributed by atoms with Crippen molar-refractivity contribution in [1.29, 1.82) is 0 Å². The molecule has 1 amide bonds. The van der Waals surface area contributed by atoms with E-state index in [2.05, 4.69) is 5.32 Å². The van der Waals surface area contributed by atoms with Crippen LogP contribution in [0.4, 0.5) is 0 Å². The third-order valence-electron chi connectivity index (χ3n) is 2.95. The van der Waals surface area contributed by atoms with Crippen molar-refractivity contribution in [2.75, 3.05) is 19.8 Å². The van der Waals surface area contributed by atoms with Crippen molar-refractivity contribution in [1.82, 2.24) is 5.32 Å². The summed E-state index contributed by atoms with van der Waals surface area (Å²) in [5, 5.41) is 3.04. The minimum Gasteiger partial charge on any atom is -0.372 e. The largest absolute Gasteiger partial charge is 0.372 e. The second-order valence-electron chi connectivity index (χ2n) is 4.45. The molecule has 0 unspecified atom stereocenters. The summed E-state index contributed by atoms with van der Waals surface area (Å²) >= 11 is 0. The van der Waals surface area contributed by atoms with Gasteiger partial charge in [-0.2, -0.15) is 0 Å². The Hall–Kier alpha value is -0.610. The van der Waals surface area contributed by atoms with Crippen molar-refractivity contribution in [3.63, 3.8) is 0 Å². The predicted octanol–water partition coefficient (Wildman–Crippen LogP) is 1.19. The van der Waals surface area contributed by atoms with Crippen molar-refractivity contribution in [2.45, 2.75) is 51.0 Å². The van der Waals surface area contributed by atoms with E-state index in [0.717, 1.165) is 19.3 Å². The third-order valence-corrected chi connectivity index (χ3v) is 2.95. The lowest BCUT2D eigenvalue weighted by Crippen LogP contribution is -2.37. The lowest BCUT2D eigenvalue weighted by atomic mass is 10.1. The lowest BCUT2D eigenvalue weighted by Gasteiger charge is -2.16. The standard InChI is InChI=1S/C12H24N2O2/c13-8-5-9-16-10-12(15)14-11-6-3-1-2-4-7-11/h11H,1-10,13H2,(H,14,15). The van der Waals surface area contributed by atoms with Gasteiger partial charge in [0.15, 0.2) is 0 Å². The molecule has 0 saturated heterocycles. The van der Waals surface area contributed by atoms with Crippen LogP contribution in [0.15, 0.2) is 0 Å². The Labute approximate surface area is 97.9 Å². The summed E-state index contributed by atoms with van der Waals surface area (Å²) in [4.78, 5) is 11.5. The predicted molar refractivity (Wildman–Crippen MR) is 64.1 cm³/mol. The highest BCUT2D eigenvalue weighted by molar-refractivity contribution is 5.77. The molecule has 1 aliphatic rings. The molecule has 4 heteroatoms. The molecule has 16 heavy (non-hydrogen) atoms. The van der Waals surface area contributed by atoms with Crippen LogP contribution in [0.25, 0.3) is 0 Å². The zero-order valence-electron chi connectivity index (χ0n) is 10.0. The molecule has 0 radical (unpaired) electrons. The molecule has 1 aliphatic carbocycles. The number of ether oxygens (including phenoxy) is 1. The second-order valence-corrected chi connectivity index (χ2v) is 4.45. The van der Waals surface area contributed by atoms with Gasteiger partial charge in [0, 0.05) is 12.6 Å². The molecule has 1 fully saturated rings. The molecule has 0 aliphatic heterocycles. The molecule has 0 bridgehead atoms. The SMILES string of the molecule is NCCCOCC(=O)NC1CCCCCC1. The van der Waals surface area contributed by atoms with E-state index in [4.69, 9.17) is 10.5 Å². The Morgan fingerprint density at radius 1 is 1.25 bits per heavy atom. The average Bonchev–Trinajstić information content (AvgIpc) is 2.53. The highest BCUT2D eigenvalue weighted by Gasteiger charge is 2.14. The number of nitrogens with one attached hydrogen (secondary N) is 1. The molecule has 94 valence electrons. The van der Waals surface area contributed by atoms with Crippen LogP contribution in [0, 0.1) is 0 Å². The average molecular weight is 228 g/mol. The fraction of sp³-hybridized carbons (Fsp3) is 0.917. The highest BCUT2D eigenvalue weighted by Crippen LogP contribution is 2.16. The minimum atomic E-state index is 0.0175. The van der Waals surface area contributed by atoms with Crippen molar-refractivity contribution < 1.29 is 9.53 Å². The highest BCUT2D eigenvalue weighted by atomic mass is 16.5.